The van der Waals surface area contributed by atoms with Gasteiger partial charge in [0.1, 0.15) is 27.3 Å². The van der Waals surface area contributed by atoms with Gasteiger partial charge in [-0.25, -0.2) is 4.79 Å². The highest BCUT2D eigenvalue weighted by Crippen LogP contribution is 2.59. The fourth-order valence-electron chi connectivity index (χ4n) is 7.72. The molecule has 0 N–H and O–H groups in total. The molecule has 0 aromatic heterocycles. The molecule has 4 fully saturated rings. The highest BCUT2D eigenvalue weighted by Gasteiger charge is 2.57. The molecule has 4 bridgehead atoms. The molecule has 5 heteroatoms. The molecule has 4 saturated carbocycles. The first-order valence-electron chi connectivity index (χ1n) is 13.8. The molecular formula is C33H38BrO3P. The Morgan fingerprint density at radius 3 is 1.74 bits per heavy atom. The standard InChI is InChI=1S/C33H37O3P.BrH/c1-22-14-30(37(28-10-6-4-7-11-28)29-12-8-5-9-13-29)15-23(2)32(22)35-21-31(34)36-33(3)26-17-24-16-25(19-26)20-27(33)18-24;/h4-15,24-27H,16-21H2,1-3H3;1H. The molecule has 0 aliphatic heterocycles. The van der Waals surface area contributed by atoms with E-state index in [-0.39, 0.29) is 35.2 Å². The summed E-state index contributed by atoms with van der Waals surface area (Å²) >= 11 is 0. The summed E-state index contributed by atoms with van der Waals surface area (Å²) in [6, 6.07) is 26.1. The van der Waals surface area contributed by atoms with Gasteiger partial charge in [0.05, 0.1) is 7.92 Å². The average molecular weight is 594 g/mol. The van der Waals surface area contributed by atoms with Gasteiger partial charge in [0.25, 0.3) is 0 Å². The van der Waals surface area contributed by atoms with Crippen LogP contribution in [-0.4, -0.2) is 18.2 Å². The van der Waals surface area contributed by atoms with Crippen molar-refractivity contribution >= 4 is 29.8 Å². The van der Waals surface area contributed by atoms with E-state index in [1.165, 1.54) is 48.0 Å². The summed E-state index contributed by atoms with van der Waals surface area (Å²) in [5, 5.41) is 4.05. The first kappa shape index (κ1) is 27.4. The molecule has 4 aliphatic rings. The van der Waals surface area contributed by atoms with Crippen LogP contribution in [0.1, 0.15) is 50.2 Å². The number of hydrogen-bond donors (Lipinski definition) is 0. The van der Waals surface area contributed by atoms with Gasteiger partial charge >= 0.3 is 5.97 Å². The minimum Gasteiger partial charge on any atom is -1.00 e. The molecule has 3 aromatic carbocycles. The van der Waals surface area contributed by atoms with Crippen LogP contribution in [0.15, 0.2) is 72.8 Å². The van der Waals surface area contributed by atoms with Gasteiger partial charge in [-0.1, -0.05) is 36.4 Å². The zero-order chi connectivity index (χ0) is 25.6. The number of hydrogen-bond acceptors (Lipinski definition) is 3. The second-order valence-electron chi connectivity index (χ2n) is 11.8. The summed E-state index contributed by atoms with van der Waals surface area (Å²) in [6.07, 6.45) is 6.30. The van der Waals surface area contributed by atoms with Crippen molar-refractivity contribution in [3.63, 3.8) is 0 Å². The predicted octanol–water partition coefficient (Wildman–Crippen LogP) is 2.93. The van der Waals surface area contributed by atoms with Crippen LogP contribution in [0.3, 0.4) is 0 Å². The van der Waals surface area contributed by atoms with E-state index in [9.17, 15) is 4.79 Å². The van der Waals surface area contributed by atoms with Gasteiger partial charge in [-0.2, -0.15) is 0 Å². The summed E-state index contributed by atoms with van der Waals surface area (Å²) in [6.45, 7) is 6.34. The second-order valence-corrected chi connectivity index (χ2v) is 14.3. The Morgan fingerprint density at radius 1 is 0.789 bits per heavy atom. The van der Waals surface area contributed by atoms with Crippen LogP contribution in [-0.2, 0) is 9.53 Å². The lowest BCUT2D eigenvalue weighted by atomic mass is 9.50. The van der Waals surface area contributed by atoms with Gasteiger partial charge in [-0.3, -0.25) is 0 Å². The van der Waals surface area contributed by atoms with Crippen molar-refractivity contribution in [1.29, 1.82) is 0 Å². The molecule has 0 spiro atoms. The first-order valence-corrected chi connectivity index (χ1v) is 15.3. The van der Waals surface area contributed by atoms with Crippen LogP contribution in [0.5, 0.6) is 5.75 Å². The van der Waals surface area contributed by atoms with Gasteiger partial charge in [0, 0.05) is 0 Å². The number of ether oxygens (including phenoxy) is 2. The molecule has 3 nitrogen and oxygen atoms in total. The number of esters is 1. The van der Waals surface area contributed by atoms with Gasteiger partial charge in [0.2, 0.25) is 0 Å². The highest BCUT2D eigenvalue weighted by molar-refractivity contribution is 7.79. The maximum absolute atomic E-state index is 13.0. The predicted molar refractivity (Wildman–Crippen MR) is 153 cm³/mol. The minimum atomic E-state index is -1.15. The number of halogens is 1. The molecule has 4 aliphatic carbocycles. The lowest BCUT2D eigenvalue weighted by Crippen LogP contribution is -3.00. The lowest BCUT2D eigenvalue weighted by Gasteiger charge is -2.59. The third kappa shape index (κ3) is 5.19. The van der Waals surface area contributed by atoms with E-state index in [1.807, 2.05) is 0 Å². The normalized spacial score (nSPS) is 27.2. The Balaban J connectivity index is 0.00000294. The van der Waals surface area contributed by atoms with Gasteiger partial charge < -0.3 is 26.5 Å². The van der Waals surface area contributed by atoms with Crippen molar-refractivity contribution < 1.29 is 31.2 Å². The van der Waals surface area contributed by atoms with Crippen LogP contribution in [0.25, 0.3) is 0 Å². The number of aryl methyl sites for hydroxylation is 2. The van der Waals surface area contributed by atoms with Crippen LogP contribution in [0.2, 0.25) is 0 Å². The fourth-order valence-corrected chi connectivity index (χ4v) is 10.5. The van der Waals surface area contributed by atoms with Crippen LogP contribution in [0, 0.1) is 37.5 Å². The van der Waals surface area contributed by atoms with E-state index < -0.39 is 7.92 Å². The summed E-state index contributed by atoms with van der Waals surface area (Å²) < 4.78 is 12.4. The van der Waals surface area contributed by atoms with Crippen molar-refractivity contribution in [3.8, 4) is 5.75 Å². The molecule has 7 rings (SSSR count). The smallest absolute Gasteiger partial charge is 0.344 e. The second kappa shape index (κ2) is 11.1. The van der Waals surface area contributed by atoms with E-state index >= 15 is 0 Å². The zero-order valence-electron chi connectivity index (χ0n) is 22.6. The molecule has 0 unspecified atom stereocenters. The van der Waals surface area contributed by atoms with Gasteiger partial charge in [-0.15, -0.1) is 0 Å². The van der Waals surface area contributed by atoms with Crippen LogP contribution >= 0.6 is 7.92 Å². The van der Waals surface area contributed by atoms with Crippen molar-refractivity contribution in [2.45, 2.75) is 58.5 Å². The fraction of sp³-hybridized carbons (Fsp3) is 0.424. The van der Waals surface area contributed by atoms with Gasteiger partial charge in [0.15, 0.2) is 6.61 Å². The van der Waals surface area contributed by atoms with Gasteiger partial charge in [-0.05, 0) is 124 Å². The van der Waals surface area contributed by atoms with E-state index in [0.717, 1.165) is 28.7 Å². The van der Waals surface area contributed by atoms with Crippen molar-refractivity contribution in [1.82, 2.24) is 0 Å². The third-order valence-corrected chi connectivity index (χ3v) is 12.0. The van der Waals surface area contributed by atoms with Crippen LogP contribution < -0.4 is 37.6 Å². The monoisotopic (exact) mass is 592 g/mol. The summed E-state index contributed by atoms with van der Waals surface area (Å²) in [5.41, 5.74) is 1.82. The number of rotatable bonds is 7. The maximum atomic E-state index is 13.0. The molecule has 0 saturated heterocycles. The Bertz CT molecular complexity index is 1190. The van der Waals surface area contributed by atoms with E-state index in [2.05, 4.69) is 93.6 Å². The first-order chi connectivity index (χ1) is 17.9. The van der Waals surface area contributed by atoms with Crippen LogP contribution in [0.4, 0.5) is 0 Å². The average Bonchev–Trinajstić information content (AvgIpc) is 2.88. The molecule has 38 heavy (non-hydrogen) atoms. The Morgan fingerprint density at radius 2 is 1.26 bits per heavy atom. The van der Waals surface area contributed by atoms with Crippen molar-refractivity contribution in [2.24, 2.45) is 23.7 Å². The number of benzene rings is 3. The largest absolute Gasteiger partial charge is 1.00 e. The molecule has 0 amide bonds. The Kier molecular flexibility index (Phi) is 8.04. The molecule has 3 aromatic rings. The number of carbonyl (C=O) groups is 1. The summed E-state index contributed by atoms with van der Waals surface area (Å²) in [4.78, 5) is 13.0. The minimum absolute atomic E-state index is 0. The van der Waals surface area contributed by atoms with E-state index in [0.29, 0.717) is 11.8 Å². The number of carbonyl (C=O) groups excluding carboxylic acids is 1. The van der Waals surface area contributed by atoms with Crippen molar-refractivity contribution in [3.05, 3.63) is 83.9 Å². The Labute approximate surface area is 238 Å². The SMILES string of the molecule is Cc1cc([PH+](c2ccccc2)c2ccccc2)cc(C)c1OCC(=O)OC1(C)C2CC3CC(C2)CC1C3.[Br-]. The molecule has 0 radical (unpaired) electrons. The topological polar surface area (TPSA) is 35.5 Å². The van der Waals surface area contributed by atoms with Crippen molar-refractivity contribution in [2.75, 3.05) is 6.61 Å². The van der Waals surface area contributed by atoms with E-state index in [4.69, 9.17) is 9.47 Å². The maximum Gasteiger partial charge on any atom is 0.344 e. The van der Waals surface area contributed by atoms with E-state index in [1.54, 1.807) is 0 Å². The Hall–Kier alpha value is -2.16. The molecule has 200 valence electrons. The summed E-state index contributed by atoms with van der Waals surface area (Å²) in [7, 11) is -1.15. The third-order valence-electron chi connectivity index (χ3n) is 9.30. The highest BCUT2D eigenvalue weighted by atomic mass is 79.9. The summed E-state index contributed by atoms with van der Waals surface area (Å²) in [5.74, 6) is 3.33. The molecule has 0 atom stereocenters. The lowest BCUT2D eigenvalue weighted by molar-refractivity contribution is -0.204. The quantitative estimate of drug-likeness (QED) is 0.313. The zero-order valence-corrected chi connectivity index (χ0v) is 25.2. The molecular weight excluding hydrogens is 555 g/mol. The molecule has 0 heterocycles.